The Hall–Kier alpha value is -1.91. The van der Waals surface area contributed by atoms with Gasteiger partial charge in [-0.15, -0.1) is 0 Å². The van der Waals surface area contributed by atoms with Crippen molar-refractivity contribution in [1.82, 2.24) is 0 Å². The molecule has 0 fully saturated rings. The van der Waals surface area contributed by atoms with Crippen LogP contribution in [0.25, 0.3) is 0 Å². The van der Waals surface area contributed by atoms with Crippen molar-refractivity contribution in [2.75, 3.05) is 19.8 Å². The Morgan fingerprint density at radius 3 is 1.74 bits per heavy atom. The highest BCUT2D eigenvalue weighted by molar-refractivity contribution is 5.69. The molecule has 0 aliphatic carbocycles. The molecule has 0 aliphatic rings. The number of aliphatic hydroxyl groups excluding tert-OH is 1. The van der Waals surface area contributed by atoms with Crippen LogP contribution in [0.1, 0.15) is 129 Å². The van der Waals surface area contributed by atoms with Gasteiger partial charge in [-0.2, -0.15) is 0 Å². The fraction of sp³-hybridized carbons (Fsp3) is 0.686. The average Bonchev–Trinajstić information content (AvgIpc) is 2.94. The van der Waals surface area contributed by atoms with E-state index in [1.54, 1.807) is 0 Å². The summed E-state index contributed by atoms with van der Waals surface area (Å²) in [6.45, 7) is 5.08. The lowest BCUT2D eigenvalue weighted by atomic mass is 10.1. The molecule has 0 amide bonds. The van der Waals surface area contributed by atoms with Crippen molar-refractivity contribution in [3.63, 3.8) is 0 Å². The second-order valence-corrected chi connectivity index (χ2v) is 10.1. The van der Waals surface area contributed by atoms with E-state index >= 15 is 0 Å². The molecule has 1 unspecified atom stereocenters. The van der Waals surface area contributed by atoms with E-state index in [-0.39, 0.29) is 19.2 Å². The second kappa shape index (κ2) is 32.3. The Bertz CT molecular complexity index is 660. The minimum absolute atomic E-state index is 0.190. The molecule has 224 valence electrons. The summed E-state index contributed by atoms with van der Waals surface area (Å²) in [7, 11) is 0. The molecule has 0 rings (SSSR count). The number of unbranched alkanes of at least 4 members (excludes halogenated alkanes) is 10. The molecule has 0 aliphatic heterocycles. The summed E-state index contributed by atoms with van der Waals surface area (Å²) in [5.41, 5.74) is 0. The molecule has 0 saturated heterocycles. The molecule has 0 aromatic carbocycles. The highest BCUT2D eigenvalue weighted by Gasteiger charge is 2.13. The van der Waals surface area contributed by atoms with Crippen molar-refractivity contribution in [1.29, 1.82) is 0 Å². The smallest absolute Gasteiger partial charge is 0.306 e. The summed E-state index contributed by atoms with van der Waals surface area (Å²) in [5.74, 6) is -0.228. The van der Waals surface area contributed by atoms with E-state index in [2.05, 4.69) is 74.6 Å². The number of allylic oxidation sites excluding steroid dienone is 10. The first-order chi connectivity index (χ1) is 19.2. The SMILES string of the molecule is CC/C=C\C/C=C\C/C=C\CCCCCCOCC(CO)OC(=O)CCCCCCC/C=C\C/C=C\CCC. The molecule has 0 aromatic rings. The van der Waals surface area contributed by atoms with Gasteiger partial charge in [0.2, 0.25) is 0 Å². The summed E-state index contributed by atoms with van der Waals surface area (Å²) in [6.07, 6.45) is 41.0. The van der Waals surface area contributed by atoms with Crippen LogP contribution in [0, 0.1) is 0 Å². The van der Waals surface area contributed by atoms with Gasteiger partial charge in [-0.05, 0) is 70.6 Å². The maximum atomic E-state index is 12.1. The number of carbonyl (C=O) groups excluding carboxylic acids is 1. The number of esters is 1. The quantitative estimate of drug-likeness (QED) is 0.0605. The molecule has 0 saturated carbocycles. The number of ether oxygens (including phenoxy) is 2. The number of hydrogen-bond acceptors (Lipinski definition) is 4. The summed E-state index contributed by atoms with van der Waals surface area (Å²) in [6, 6.07) is 0. The first-order valence-electron chi connectivity index (χ1n) is 15.9. The van der Waals surface area contributed by atoms with Gasteiger partial charge in [-0.25, -0.2) is 0 Å². The molecular formula is C35H60O4. The summed E-state index contributed by atoms with van der Waals surface area (Å²) < 4.78 is 11.0. The molecule has 0 aromatic heterocycles. The zero-order chi connectivity index (χ0) is 28.5. The maximum Gasteiger partial charge on any atom is 0.306 e. The minimum atomic E-state index is -0.553. The zero-order valence-corrected chi connectivity index (χ0v) is 25.4. The van der Waals surface area contributed by atoms with Gasteiger partial charge in [0.25, 0.3) is 0 Å². The molecule has 0 heterocycles. The van der Waals surface area contributed by atoms with Crippen LogP contribution in [0.15, 0.2) is 60.8 Å². The molecule has 39 heavy (non-hydrogen) atoms. The van der Waals surface area contributed by atoms with Crippen molar-refractivity contribution in [3.8, 4) is 0 Å². The van der Waals surface area contributed by atoms with E-state index in [4.69, 9.17) is 9.47 Å². The van der Waals surface area contributed by atoms with Crippen LogP contribution >= 0.6 is 0 Å². The molecule has 0 radical (unpaired) electrons. The number of rotatable bonds is 28. The van der Waals surface area contributed by atoms with E-state index in [1.165, 1.54) is 38.5 Å². The van der Waals surface area contributed by atoms with Gasteiger partial charge in [-0.3, -0.25) is 4.79 Å². The van der Waals surface area contributed by atoms with Crippen LogP contribution < -0.4 is 0 Å². The van der Waals surface area contributed by atoms with Gasteiger partial charge < -0.3 is 14.6 Å². The van der Waals surface area contributed by atoms with Crippen LogP contribution in [-0.4, -0.2) is 37.0 Å². The molecule has 0 spiro atoms. The van der Waals surface area contributed by atoms with Crippen LogP contribution in [0.5, 0.6) is 0 Å². The predicted octanol–water partition coefficient (Wildman–Crippen LogP) is 9.75. The highest BCUT2D eigenvalue weighted by atomic mass is 16.6. The van der Waals surface area contributed by atoms with Crippen molar-refractivity contribution in [2.24, 2.45) is 0 Å². The van der Waals surface area contributed by atoms with E-state index < -0.39 is 6.10 Å². The van der Waals surface area contributed by atoms with E-state index in [9.17, 15) is 9.90 Å². The van der Waals surface area contributed by atoms with Crippen molar-refractivity contribution in [3.05, 3.63) is 60.8 Å². The fourth-order valence-electron chi connectivity index (χ4n) is 3.97. The van der Waals surface area contributed by atoms with Gasteiger partial charge in [0.05, 0.1) is 13.2 Å². The van der Waals surface area contributed by atoms with Gasteiger partial charge in [0, 0.05) is 13.0 Å². The lowest BCUT2D eigenvalue weighted by Gasteiger charge is -2.15. The fourth-order valence-corrected chi connectivity index (χ4v) is 3.97. The largest absolute Gasteiger partial charge is 0.457 e. The highest BCUT2D eigenvalue weighted by Crippen LogP contribution is 2.10. The zero-order valence-electron chi connectivity index (χ0n) is 25.4. The van der Waals surface area contributed by atoms with E-state index in [1.807, 2.05) is 0 Å². The van der Waals surface area contributed by atoms with E-state index in [0.717, 1.165) is 70.6 Å². The first-order valence-corrected chi connectivity index (χ1v) is 15.9. The van der Waals surface area contributed by atoms with Crippen molar-refractivity contribution >= 4 is 5.97 Å². The van der Waals surface area contributed by atoms with Gasteiger partial charge in [-0.1, -0.05) is 113 Å². The number of aliphatic hydroxyl groups is 1. The molecule has 0 bridgehead atoms. The number of carbonyl (C=O) groups is 1. The second-order valence-electron chi connectivity index (χ2n) is 10.1. The molecular weight excluding hydrogens is 484 g/mol. The van der Waals surface area contributed by atoms with Gasteiger partial charge in [0.1, 0.15) is 6.10 Å². The van der Waals surface area contributed by atoms with Crippen LogP contribution in [0.2, 0.25) is 0 Å². The van der Waals surface area contributed by atoms with Crippen molar-refractivity contribution < 1.29 is 19.4 Å². The lowest BCUT2D eigenvalue weighted by Crippen LogP contribution is -2.27. The molecule has 4 heteroatoms. The topological polar surface area (TPSA) is 55.8 Å². The monoisotopic (exact) mass is 544 g/mol. The lowest BCUT2D eigenvalue weighted by molar-refractivity contribution is -0.154. The standard InChI is InChI=1S/C35H60O4/c1-3-5-7-9-11-13-15-17-19-21-23-25-27-29-31-38-33-34(32-36)39-35(37)30-28-26-24-22-20-18-16-14-12-10-8-6-4-2/h5,7-8,10-11,13-14,16-17,19,34,36H,3-4,6,9,12,15,18,20-33H2,1-2H3/b7-5-,10-8-,13-11-,16-14-,19-17-. The summed E-state index contributed by atoms with van der Waals surface area (Å²) in [5, 5.41) is 9.50. The summed E-state index contributed by atoms with van der Waals surface area (Å²) >= 11 is 0. The Kier molecular flexibility index (Phi) is 30.7. The minimum Gasteiger partial charge on any atom is -0.457 e. The van der Waals surface area contributed by atoms with E-state index in [0.29, 0.717) is 13.0 Å². The first kappa shape index (κ1) is 37.1. The average molecular weight is 545 g/mol. The van der Waals surface area contributed by atoms with Crippen molar-refractivity contribution in [2.45, 2.75) is 136 Å². The van der Waals surface area contributed by atoms with Crippen LogP contribution in [0.3, 0.4) is 0 Å². The molecule has 1 N–H and O–H groups in total. The summed E-state index contributed by atoms with van der Waals surface area (Å²) in [4.78, 5) is 12.1. The predicted molar refractivity (Wildman–Crippen MR) is 168 cm³/mol. The van der Waals surface area contributed by atoms with Gasteiger partial charge >= 0.3 is 5.97 Å². The Balaban J connectivity index is 3.55. The molecule has 4 nitrogen and oxygen atoms in total. The van der Waals surface area contributed by atoms with Crippen LogP contribution in [-0.2, 0) is 14.3 Å². The maximum absolute atomic E-state index is 12.1. The third-order valence-corrected chi connectivity index (χ3v) is 6.31. The normalized spacial score (nSPS) is 13.2. The van der Waals surface area contributed by atoms with Crippen LogP contribution in [0.4, 0.5) is 0 Å². The Labute approximate surface area is 241 Å². The number of hydrogen-bond donors (Lipinski definition) is 1. The van der Waals surface area contributed by atoms with Gasteiger partial charge in [0.15, 0.2) is 0 Å². The Morgan fingerprint density at radius 2 is 1.15 bits per heavy atom. The molecule has 1 atom stereocenters. The Morgan fingerprint density at radius 1 is 0.641 bits per heavy atom. The third-order valence-electron chi connectivity index (χ3n) is 6.31. The third kappa shape index (κ3) is 30.5.